The number of nitrogens with one attached hydrogen (secondary N) is 1. The topological polar surface area (TPSA) is 50.9 Å². The van der Waals surface area contributed by atoms with Gasteiger partial charge in [0.05, 0.1) is 27.1 Å². The zero-order chi connectivity index (χ0) is 11.5. The van der Waals surface area contributed by atoms with E-state index < -0.39 is 0 Å². The van der Waals surface area contributed by atoms with Crippen LogP contribution < -0.4 is 11.1 Å². The molecule has 0 bridgehead atoms. The summed E-state index contributed by atoms with van der Waals surface area (Å²) in [4.78, 5) is 3.87. The molecule has 2 rings (SSSR count). The molecule has 82 valence electrons. The number of halogens is 2. The third-order valence-electron chi connectivity index (χ3n) is 2.07. The van der Waals surface area contributed by atoms with Gasteiger partial charge in [0.1, 0.15) is 0 Å². The van der Waals surface area contributed by atoms with Crippen LogP contribution in [0, 0.1) is 0 Å². The summed E-state index contributed by atoms with van der Waals surface area (Å²) in [6, 6.07) is 7.38. The number of pyridine rings is 1. The van der Waals surface area contributed by atoms with Gasteiger partial charge in [-0.05, 0) is 12.1 Å². The number of hydrogen-bond acceptors (Lipinski definition) is 3. The van der Waals surface area contributed by atoms with Crippen molar-refractivity contribution in [3.05, 3.63) is 46.7 Å². The largest absolute Gasteiger partial charge is 0.397 e. The predicted octanol–water partition coefficient (Wildman–Crippen LogP) is 3.71. The van der Waals surface area contributed by atoms with E-state index in [-0.39, 0.29) is 0 Å². The molecule has 1 aromatic heterocycles. The van der Waals surface area contributed by atoms with E-state index in [2.05, 4.69) is 10.3 Å². The van der Waals surface area contributed by atoms with Gasteiger partial charge in [-0.1, -0.05) is 35.3 Å². The highest BCUT2D eigenvalue weighted by Gasteiger charge is 2.07. The molecule has 0 aliphatic rings. The molecule has 3 nitrogen and oxygen atoms in total. The summed E-state index contributed by atoms with van der Waals surface area (Å²) in [5, 5.41) is 3.99. The van der Waals surface area contributed by atoms with Crippen LogP contribution in [0.2, 0.25) is 10.0 Å². The minimum absolute atomic E-state index is 0.454. The second-order valence-electron chi connectivity index (χ2n) is 3.19. The molecule has 0 aliphatic heterocycles. The summed E-state index contributed by atoms with van der Waals surface area (Å²) in [6.07, 6.45) is 3.05. The fourth-order valence-electron chi connectivity index (χ4n) is 1.28. The van der Waals surface area contributed by atoms with Gasteiger partial charge < -0.3 is 11.1 Å². The molecule has 1 aromatic carbocycles. The van der Waals surface area contributed by atoms with Gasteiger partial charge in [0.15, 0.2) is 0 Å². The first-order valence-corrected chi connectivity index (χ1v) is 5.34. The van der Waals surface area contributed by atoms with Crippen molar-refractivity contribution in [2.24, 2.45) is 0 Å². The molecule has 5 heteroatoms. The van der Waals surface area contributed by atoms with Gasteiger partial charge in [0, 0.05) is 12.4 Å². The molecule has 16 heavy (non-hydrogen) atoms. The summed E-state index contributed by atoms with van der Waals surface area (Å²) in [5.74, 6) is 0. The van der Waals surface area contributed by atoms with Gasteiger partial charge in [0.2, 0.25) is 0 Å². The maximum absolute atomic E-state index is 5.98. The Balaban J connectivity index is 2.38. The molecule has 0 fully saturated rings. The van der Waals surface area contributed by atoms with E-state index in [1.54, 1.807) is 6.07 Å². The molecule has 0 amide bonds. The number of rotatable bonds is 2. The van der Waals surface area contributed by atoms with Crippen molar-refractivity contribution < 1.29 is 0 Å². The van der Waals surface area contributed by atoms with Gasteiger partial charge in [-0.15, -0.1) is 0 Å². The van der Waals surface area contributed by atoms with Gasteiger partial charge in [-0.3, -0.25) is 4.98 Å². The van der Waals surface area contributed by atoms with Crippen molar-refractivity contribution in [3.8, 4) is 0 Å². The second-order valence-corrected chi connectivity index (χ2v) is 4.00. The average molecular weight is 254 g/mol. The molecule has 3 N–H and O–H groups in total. The second kappa shape index (κ2) is 4.60. The van der Waals surface area contributed by atoms with Crippen LogP contribution in [0.3, 0.4) is 0 Å². The SMILES string of the molecule is Nc1ccccc1Nc1c(Cl)cncc1Cl. The lowest BCUT2D eigenvalue weighted by atomic mass is 10.2. The third kappa shape index (κ3) is 2.21. The van der Waals surface area contributed by atoms with E-state index in [9.17, 15) is 0 Å². The normalized spacial score (nSPS) is 10.1. The van der Waals surface area contributed by atoms with E-state index in [1.807, 2.05) is 18.2 Å². The zero-order valence-corrected chi connectivity index (χ0v) is 9.76. The lowest BCUT2D eigenvalue weighted by Gasteiger charge is -2.11. The highest BCUT2D eigenvalue weighted by molar-refractivity contribution is 6.39. The molecule has 2 aromatic rings. The number of nitrogens with zero attached hydrogens (tertiary/aromatic N) is 1. The van der Waals surface area contributed by atoms with Crippen LogP contribution in [0.1, 0.15) is 0 Å². The molecule has 0 saturated carbocycles. The van der Waals surface area contributed by atoms with Crippen molar-refractivity contribution in [1.82, 2.24) is 4.98 Å². The summed E-state index contributed by atoms with van der Waals surface area (Å²) < 4.78 is 0. The summed E-state index contributed by atoms with van der Waals surface area (Å²) in [6.45, 7) is 0. The Morgan fingerprint density at radius 1 is 1.06 bits per heavy atom. The van der Waals surface area contributed by atoms with Gasteiger partial charge in [0.25, 0.3) is 0 Å². The first-order chi connectivity index (χ1) is 7.68. The Hall–Kier alpha value is -1.45. The van der Waals surface area contributed by atoms with E-state index in [0.717, 1.165) is 5.69 Å². The van der Waals surface area contributed by atoms with E-state index in [0.29, 0.717) is 21.4 Å². The van der Waals surface area contributed by atoms with Crippen molar-refractivity contribution >= 4 is 40.3 Å². The number of nitrogens with two attached hydrogens (primary N) is 1. The van der Waals surface area contributed by atoms with Crippen molar-refractivity contribution in [2.45, 2.75) is 0 Å². The van der Waals surface area contributed by atoms with Gasteiger partial charge >= 0.3 is 0 Å². The fourth-order valence-corrected chi connectivity index (χ4v) is 1.74. The standard InChI is InChI=1S/C11H9Cl2N3/c12-7-5-15-6-8(13)11(7)16-10-4-2-1-3-9(10)14/h1-6H,14H2,(H,15,16). The van der Waals surface area contributed by atoms with E-state index in [1.165, 1.54) is 12.4 Å². The van der Waals surface area contributed by atoms with Crippen LogP contribution in [0.15, 0.2) is 36.7 Å². The Bertz CT molecular complexity index is 494. The number of aromatic nitrogens is 1. The maximum Gasteiger partial charge on any atom is 0.0839 e. The van der Waals surface area contributed by atoms with E-state index in [4.69, 9.17) is 28.9 Å². The lowest BCUT2D eigenvalue weighted by molar-refractivity contribution is 1.32. The van der Waals surface area contributed by atoms with Crippen LogP contribution in [0.4, 0.5) is 17.1 Å². The summed E-state index contributed by atoms with van der Waals surface area (Å²) in [5.41, 5.74) is 7.80. The molecule has 0 spiro atoms. The predicted molar refractivity (Wildman–Crippen MR) is 68.4 cm³/mol. The van der Waals surface area contributed by atoms with E-state index >= 15 is 0 Å². The Morgan fingerprint density at radius 3 is 2.31 bits per heavy atom. The van der Waals surface area contributed by atoms with Gasteiger partial charge in [-0.25, -0.2) is 0 Å². The van der Waals surface area contributed by atoms with Crippen LogP contribution in [0.5, 0.6) is 0 Å². The molecule has 0 saturated heterocycles. The number of benzene rings is 1. The highest BCUT2D eigenvalue weighted by Crippen LogP contribution is 2.33. The number of para-hydroxylation sites is 2. The lowest BCUT2D eigenvalue weighted by Crippen LogP contribution is -1.97. The Morgan fingerprint density at radius 2 is 1.69 bits per heavy atom. The first-order valence-electron chi connectivity index (χ1n) is 4.59. The van der Waals surface area contributed by atoms with Crippen molar-refractivity contribution in [1.29, 1.82) is 0 Å². The molecule has 0 unspecified atom stereocenters. The molecule has 1 heterocycles. The quantitative estimate of drug-likeness (QED) is 0.803. The number of anilines is 3. The molecular weight excluding hydrogens is 245 g/mol. The molecule has 0 atom stereocenters. The third-order valence-corrected chi connectivity index (χ3v) is 2.65. The Kier molecular flexibility index (Phi) is 3.17. The Labute approximate surface area is 103 Å². The van der Waals surface area contributed by atoms with Gasteiger partial charge in [-0.2, -0.15) is 0 Å². The fraction of sp³-hybridized carbons (Fsp3) is 0. The number of nitrogen functional groups attached to an aromatic ring is 1. The van der Waals surface area contributed by atoms with Crippen molar-refractivity contribution in [3.63, 3.8) is 0 Å². The van der Waals surface area contributed by atoms with Crippen LogP contribution in [-0.4, -0.2) is 4.98 Å². The zero-order valence-electron chi connectivity index (χ0n) is 8.24. The maximum atomic E-state index is 5.98. The molecule has 0 radical (unpaired) electrons. The first kappa shape index (κ1) is 11.0. The molecular formula is C11H9Cl2N3. The number of hydrogen-bond donors (Lipinski definition) is 2. The average Bonchev–Trinajstić information content (AvgIpc) is 2.26. The minimum Gasteiger partial charge on any atom is -0.397 e. The highest BCUT2D eigenvalue weighted by atomic mass is 35.5. The summed E-state index contributed by atoms with van der Waals surface area (Å²) in [7, 11) is 0. The van der Waals surface area contributed by atoms with Crippen molar-refractivity contribution in [2.75, 3.05) is 11.1 Å². The monoisotopic (exact) mass is 253 g/mol. The smallest absolute Gasteiger partial charge is 0.0839 e. The van der Waals surface area contributed by atoms with Crippen LogP contribution in [-0.2, 0) is 0 Å². The minimum atomic E-state index is 0.454. The summed E-state index contributed by atoms with van der Waals surface area (Å²) >= 11 is 12.0. The van der Waals surface area contributed by atoms with Crippen LogP contribution in [0.25, 0.3) is 0 Å². The molecule has 0 aliphatic carbocycles. The van der Waals surface area contributed by atoms with Crippen LogP contribution >= 0.6 is 23.2 Å².